The van der Waals surface area contributed by atoms with E-state index in [1.165, 1.54) is 30.2 Å². The first kappa shape index (κ1) is 27.5. The van der Waals surface area contributed by atoms with E-state index in [0.717, 1.165) is 6.07 Å². The second-order valence-corrected chi connectivity index (χ2v) is 9.28. The second kappa shape index (κ2) is 12.0. The molecular formula is C30H28FN3O7. The number of rotatable bonds is 9. The summed E-state index contributed by atoms with van der Waals surface area (Å²) < 4.78 is 35.5. The number of halogens is 1. The van der Waals surface area contributed by atoms with Crippen molar-refractivity contribution in [2.24, 2.45) is 0 Å². The van der Waals surface area contributed by atoms with Crippen molar-refractivity contribution in [2.75, 3.05) is 27.1 Å². The third kappa shape index (κ3) is 6.08. The number of amides is 3. The standard InChI is InChI=1S/C30H28FN3O7/c1-3-39-29(36)26-23(32-30(37)33-27(26)19-8-10-22(38-2)11-9-19)16-34(28(35)20-5-4-6-21(31)14-20)15-18-7-12-24-25(13-18)41-17-40-24/h4-14,27H,3,15-17H2,1-2H3,(H2,32,33,37)/t27-/m0/s1. The summed E-state index contributed by atoms with van der Waals surface area (Å²) in [7, 11) is 1.54. The molecule has 0 fully saturated rings. The van der Waals surface area contributed by atoms with Crippen molar-refractivity contribution in [3.05, 3.63) is 101 Å². The van der Waals surface area contributed by atoms with Gasteiger partial charge in [0.05, 0.1) is 37.6 Å². The first-order chi connectivity index (χ1) is 19.9. The van der Waals surface area contributed by atoms with Crippen molar-refractivity contribution in [3.8, 4) is 17.2 Å². The Kier molecular flexibility index (Phi) is 8.04. The topological polar surface area (TPSA) is 115 Å². The number of fused-ring (bicyclic) bond motifs is 1. The van der Waals surface area contributed by atoms with Crippen LogP contribution in [-0.2, 0) is 16.1 Å². The van der Waals surface area contributed by atoms with Gasteiger partial charge in [0.2, 0.25) is 6.79 Å². The highest BCUT2D eigenvalue weighted by molar-refractivity contribution is 5.97. The molecule has 0 aliphatic carbocycles. The molecule has 2 heterocycles. The quantitative estimate of drug-likeness (QED) is 0.379. The fourth-order valence-electron chi connectivity index (χ4n) is 4.69. The number of hydrogen-bond acceptors (Lipinski definition) is 7. The molecule has 11 heteroatoms. The molecule has 2 aliphatic rings. The van der Waals surface area contributed by atoms with Crippen molar-refractivity contribution in [1.29, 1.82) is 0 Å². The third-order valence-electron chi connectivity index (χ3n) is 6.62. The van der Waals surface area contributed by atoms with Gasteiger partial charge in [0.25, 0.3) is 5.91 Å². The number of carbonyl (C=O) groups excluding carboxylic acids is 3. The van der Waals surface area contributed by atoms with E-state index < -0.39 is 29.8 Å². The zero-order chi connectivity index (χ0) is 28.9. The SMILES string of the molecule is CCOC(=O)C1=C(CN(Cc2ccc3c(c2)OCO3)C(=O)c2cccc(F)c2)NC(=O)N[C@H]1c1ccc(OC)cc1. The number of carbonyl (C=O) groups is 3. The molecule has 3 aromatic carbocycles. The zero-order valence-electron chi connectivity index (χ0n) is 22.4. The molecule has 2 N–H and O–H groups in total. The highest BCUT2D eigenvalue weighted by Crippen LogP contribution is 2.34. The molecular weight excluding hydrogens is 533 g/mol. The zero-order valence-corrected chi connectivity index (χ0v) is 22.4. The molecule has 212 valence electrons. The van der Waals surface area contributed by atoms with Crippen molar-refractivity contribution in [1.82, 2.24) is 15.5 Å². The molecule has 1 atom stereocenters. The number of hydrogen-bond donors (Lipinski definition) is 2. The fraction of sp³-hybridized carbons (Fsp3) is 0.233. The summed E-state index contributed by atoms with van der Waals surface area (Å²) in [5, 5.41) is 5.47. The molecule has 0 spiro atoms. The number of nitrogens with one attached hydrogen (secondary N) is 2. The van der Waals surface area contributed by atoms with Crippen LogP contribution in [0, 0.1) is 5.82 Å². The molecule has 0 bridgehead atoms. The van der Waals surface area contributed by atoms with Gasteiger partial charge in [-0.1, -0.05) is 24.3 Å². The minimum Gasteiger partial charge on any atom is -0.497 e. The molecule has 10 nitrogen and oxygen atoms in total. The van der Waals surface area contributed by atoms with Crippen LogP contribution < -0.4 is 24.8 Å². The van der Waals surface area contributed by atoms with Gasteiger partial charge in [-0.25, -0.2) is 14.0 Å². The van der Waals surface area contributed by atoms with E-state index in [1.54, 1.807) is 49.4 Å². The van der Waals surface area contributed by atoms with Gasteiger partial charge in [0.1, 0.15) is 11.6 Å². The van der Waals surface area contributed by atoms with Crippen LogP contribution >= 0.6 is 0 Å². The molecule has 3 amide bonds. The van der Waals surface area contributed by atoms with Gasteiger partial charge >= 0.3 is 12.0 Å². The number of urea groups is 1. The Labute approximate surface area is 235 Å². The highest BCUT2D eigenvalue weighted by atomic mass is 19.1. The summed E-state index contributed by atoms with van der Waals surface area (Å²) in [4.78, 5) is 41.3. The molecule has 5 rings (SSSR count). The lowest BCUT2D eigenvalue weighted by Gasteiger charge is -2.32. The maximum absolute atomic E-state index is 14.1. The number of esters is 1. The Morgan fingerprint density at radius 1 is 1.02 bits per heavy atom. The monoisotopic (exact) mass is 561 g/mol. The molecule has 0 aromatic heterocycles. The minimum absolute atomic E-state index is 0.0576. The van der Waals surface area contributed by atoms with Crippen LogP contribution in [-0.4, -0.2) is 49.9 Å². The van der Waals surface area contributed by atoms with E-state index in [-0.39, 0.29) is 43.3 Å². The summed E-state index contributed by atoms with van der Waals surface area (Å²) in [6.45, 7) is 1.74. The maximum Gasteiger partial charge on any atom is 0.338 e. The number of ether oxygens (including phenoxy) is 4. The highest BCUT2D eigenvalue weighted by Gasteiger charge is 2.35. The van der Waals surface area contributed by atoms with Crippen LogP contribution in [0.25, 0.3) is 0 Å². The first-order valence-corrected chi connectivity index (χ1v) is 12.9. The normalized spacial score (nSPS) is 15.6. The van der Waals surface area contributed by atoms with Gasteiger partial charge < -0.3 is 34.5 Å². The molecule has 0 unspecified atom stereocenters. The van der Waals surface area contributed by atoms with Crippen LogP contribution in [0.4, 0.5) is 9.18 Å². The number of nitrogens with zero attached hydrogens (tertiary/aromatic N) is 1. The summed E-state index contributed by atoms with van der Waals surface area (Å²) in [5.41, 5.74) is 1.73. The Morgan fingerprint density at radius 2 is 1.80 bits per heavy atom. The average molecular weight is 562 g/mol. The van der Waals surface area contributed by atoms with Gasteiger partial charge in [-0.15, -0.1) is 0 Å². The van der Waals surface area contributed by atoms with E-state index in [1.807, 2.05) is 0 Å². The molecule has 0 saturated carbocycles. The Morgan fingerprint density at radius 3 is 2.54 bits per heavy atom. The van der Waals surface area contributed by atoms with Gasteiger partial charge in [0, 0.05) is 12.1 Å². The van der Waals surface area contributed by atoms with E-state index in [4.69, 9.17) is 18.9 Å². The van der Waals surface area contributed by atoms with Crippen LogP contribution in [0.15, 0.2) is 78.0 Å². The molecule has 41 heavy (non-hydrogen) atoms. The van der Waals surface area contributed by atoms with E-state index >= 15 is 0 Å². The van der Waals surface area contributed by atoms with Gasteiger partial charge in [-0.3, -0.25) is 4.79 Å². The predicted octanol–water partition coefficient (Wildman–Crippen LogP) is 4.08. The van der Waals surface area contributed by atoms with E-state index in [9.17, 15) is 18.8 Å². The second-order valence-electron chi connectivity index (χ2n) is 9.28. The van der Waals surface area contributed by atoms with Gasteiger partial charge in [0.15, 0.2) is 11.5 Å². The Balaban J connectivity index is 1.56. The van der Waals surface area contributed by atoms with Crippen molar-refractivity contribution in [2.45, 2.75) is 19.5 Å². The van der Waals surface area contributed by atoms with Gasteiger partial charge in [-0.05, 0) is 60.5 Å². The van der Waals surface area contributed by atoms with Crippen LogP contribution in [0.3, 0.4) is 0 Å². The molecule has 2 aliphatic heterocycles. The molecule has 3 aromatic rings. The van der Waals surface area contributed by atoms with Crippen molar-refractivity contribution >= 4 is 17.9 Å². The number of benzene rings is 3. The Hall–Kier alpha value is -5.06. The summed E-state index contributed by atoms with van der Waals surface area (Å²) in [6.07, 6.45) is 0. The summed E-state index contributed by atoms with van der Waals surface area (Å²) >= 11 is 0. The largest absolute Gasteiger partial charge is 0.497 e. The smallest absolute Gasteiger partial charge is 0.338 e. The lowest BCUT2D eigenvalue weighted by atomic mass is 9.94. The third-order valence-corrected chi connectivity index (χ3v) is 6.62. The van der Waals surface area contributed by atoms with Gasteiger partial charge in [-0.2, -0.15) is 0 Å². The first-order valence-electron chi connectivity index (χ1n) is 12.9. The predicted molar refractivity (Wildman–Crippen MR) is 145 cm³/mol. The average Bonchev–Trinajstić information content (AvgIpc) is 3.44. The minimum atomic E-state index is -0.861. The van der Waals surface area contributed by atoms with E-state index in [0.29, 0.717) is 28.4 Å². The van der Waals surface area contributed by atoms with Crippen LogP contribution in [0.2, 0.25) is 0 Å². The van der Waals surface area contributed by atoms with E-state index in [2.05, 4.69) is 10.6 Å². The molecule has 0 saturated heterocycles. The van der Waals surface area contributed by atoms with Crippen molar-refractivity contribution < 1.29 is 37.7 Å². The van der Waals surface area contributed by atoms with Crippen LogP contribution in [0.5, 0.6) is 17.2 Å². The lowest BCUT2D eigenvalue weighted by Crippen LogP contribution is -2.49. The maximum atomic E-state index is 14.1. The number of methoxy groups -OCH3 is 1. The molecule has 0 radical (unpaired) electrons. The summed E-state index contributed by atoms with van der Waals surface area (Å²) in [5.74, 6) is -0.0194. The fourth-order valence-corrected chi connectivity index (χ4v) is 4.69. The summed E-state index contributed by atoms with van der Waals surface area (Å²) in [6, 6.07) is 16.0. The lowest BCUT2D eigenvalue weighted by molar-refractivity contribution is -0.139. The van der Waals surface area contributed by atoms with Crippen molar-refractivity contribution in [3.63, 3.8) is 0 Å². The Bertz CT molecular complexity index is 1510. The van der Waals surface area contributed by atoms with Crippen LogP contribution in [0.1, 0.15) is 34.5 Å².